The van der Waals surface area contributed by atoms with Crippen molar-refractivity contribution < 1.29 is 9.47 Å². The quantitative estimate of drug-likeness (QED) is 0.624. The van der Waals surface area contributed by atoms with Crippen LogP contribution in [0.2, 0.25) is 0 Å². The predicted octanol–water partition coefficient (Wildman–Crippen LogP) is 3.22. The smallest absolute Gasteiger partial charge is 0.0648 e. The first-order valence-electron chi connectivity index (χ1n) is 5.83. The molecule has 0 bridgehead atoms. The molecule has 0 aliphatic heterocycles. The average Bonchev–Trinajstić information content (AvgIpc) is 2.14. The molecule has 0 spiro atoms. The lowest BCUT2D eigenvalue weighted by atomic mass is 10.0. The third-order valence-electron chi connectivity index (χ3n) is 2.49. The number of thiol groups is 2. The SMILES string of the molecule is CC(C)(CCS)OCCC(C)(C)OCCS. The highest BCUT2D eigenvalue weighted by molar-refractivity contribution is 7.80. The lowest BCUT2D eigenvalue weighted by Gasteiger charge is -2.29. The van der Waals surface area contributed by atoms with Crippen molar-refractivity contribution in [3.05, 3.63) is 0 Å². The Hall–Kier alpha value is 0.620. The molecule has 0 fully saturated rings. The molecule has 98 valence electrons. The molecule has 0 saturated carbocycles. The van der Waals surface area contributed by atoms with Gasteiger partial charge in [0.15, 0.2) is 0 Å². The van der Waals surface area contributed by atoms with Crippen LogP contribution in [0.1, 0.15) is 40.5 Å². The zero-order valence-electron chi connectivity index (χ0n) is 11.0. The molecule has 0 rings (SSSR count). The molecule has 0 amide bonds. The van der Waals surface area contributed by atoms with E-state index in [1.165, 1.54) is 0 Å². The average molecular weight is 266 g/mol. The molecule has 4 heteroatoms. The summed E-state index contributed by atoms with van der Waals surface area (Å²) in [6, 6.07) is 0. The predicted molar refractivity (Wildman–Crippen MR) is 77.0 cm³/mol. The molecular formula is C12H26O2S2. The van der Waals surface area contributed by atoms with Crippen LogP contribution in [0.3, 0.4) is 0 Å². The lowest BCUT2D eigenvalue weighted by Crippen LogP contribution is -2.31. The maximum absolute atomic E-state index is 5.84. The van der Waals surface area contributed by atoms with Gasteiger partial charge in [0.2, 0.25) is 0 Å². The van der Waals surface area contributed by atoms with Crippen LogP contribution in [0.5, 0.6) is 0 Å². The monoisotopic (exact) mass is 266 g/mol. The van der Waals surface area contributed by atoms with E-state index in [4.69, 9.17) is 9.47 Å². The first-order valence-corrected chi connectivity index (χ1v) is 7.09. The van der Waals surface area contributed by atoms with Gasteiger partial charge in [-0.3, -0.25) is 0 Å². The number of ether oxygens (including phenoxy) is 2. The topological polar surface area (TPSA) is 18.5 Å². The van der Waals surface area contributed by atoms with Gasteiger partial charge in [-0.05, 0) is 46.3 Å². The Kier molecular flexibility index (Phi) is 8.16. The fourth-order valence-electron chi connectivity index (χ4n) is 1.31. The molecule has 2 nitrogen and oxygen atoms in total. The fourth-order valence-corrected chi connectivity index (χ4v) is 1.94. The molecule has 0 aliphatic carbocycles. The Labute approximate surface area is 111 Å². The highest BCUT2D eigenvalue weighted by atomic mass is 32.1. The first-order chi connectivity index (χ1) is 7.33. The van der Waals surface area contributed by atoms with Crippen LogP contribution in [0.4, 0.5) is 0 Å². The van der Waals surface area contributed by atoms with Crippen LogP contribution in [0.25, 0.3) is 0 Å². The van der Waals surface area contributed by atoms with Crippen LogP contribution in [0.15, 0.2) is 0 Å². The lowest BCUT2D eigenvalue weighted by molar-refractivity contribution is -0.0689. The summed E-state index contributed by atoms with van der Waals surface area (Å²) in [5.41, 5.74) is -0.207. The summed E-state index contributed by atoms with van der Waals surface area (Å²) >= 11 is 8.36. The van der Waals surface area contributed by atoms with Crippen molar-refractivity contribution in [1.82, 2.24) is 0 Å². The van der Waals surface area contributed by atoms with E-state index >= 15 is 0 Å². The Morgan fingerprint density at radius 3 is 1.75 bits per heavy atom. The Morgan fingerprint density at radius 1 is 0.750 bits per heavy atom. The van der Waals surface area contributed by atoms with Gasteiger partial charge in [0.05, 0.1) is 24.4 Å². The summed E-state index contributed by atoms with van der Waals surface area (Å²) in [4.78, 5) is 0. The van der Waals surface area contributed by atoms with Crippen LogP contribution in [0, 0.1) is 0 Å². The van der Waals surface area contributed by atoms with E-state index in [2.05, 4.69) is 53.0 Å². The van der Waals surface area contributed by atoms with Gasteiger partial charge >= 0.3 is 0 Å². The van der Waals surface area contributed by atoms with Crippen molar-refractivity contribution in [1.29, 1.82) is 0 Å². The number of hydrogen-bond acceptors (Lipinski definition) is 4. The van der Waals surface area contributed by atoms with E-state index in [1.54, 1.807) is 0 Å². The van der Waals surface area contributed by atoms with Gasteiger partial charge in [-0.1, -0.05) is 0 Å². The molecule has 0 atom stereocenters. The molecule has 0 saturated heterocycles. The van der Waals surface area contributed by atoms with E-state index in [0.717, 1.165) is 31.0 Å². The third kappa shape index (κ3) is 8.74. The van der Waals surface area contributed by atoms with Crippen molar-refractivity contribution in [3.8, 4) is 0 Å². The van der Waals surface area contributed by atoms with E-state index < -0.39 is 0 Å². The molecule has 16 heavy (non-hydrogen) atoms. The standard InChI is InChI=1S/C12H26O2S2/c1-11(2,14-8-10-16)5-7-13-12(3,4)6-9-15/h15-16H,5-10H2,1-4H3. The van der Waals surface area contributed by atoms with Gasteiger partial charge in [-0.25, -0.2) is 0 Å². The maximum atomic E-state index is 5.84. The van der Waals surface area contributed by atoms with Gasteiger partial charge < -0.3 is 9.47 Å². The maximum Gasteiger partial charge on any atom is 0.0648 e. The van der Waals surface area contributed by atoms with Crippen molar-refractivity contribution in [2.45, 2.75) is 51.7 Å². The molecule has 0 radical (unpaired) electrons. The highest BCUT2D eigenvalue weighted by Crippen LogP contribution is 2.19. The highest BCUT2D eigenvalue weighted by Gasteiger charge is 2.21. The molecule has 0 aromatic heterocycles. The van der Waals surface area contributed by atoms with Crippen molar-refractivity contribution >= 4 is 25.3 Å². The van der Waals surface area contributed by atoms with Gasteiger partial charge in [0.1, 0.15) is 0 Å². The summed E-state index contributed by atoms with van der Waals surface area (Å²) in [7, 11) is 0. The summed E-state index contributed by atoms with van der Waals surface area (Å²) < 4.78 is 11.5. The molecule has 0 heterocycles. The second kappa shape index (κ2) is 7.85. The van der Waals surface area contributed by atoms with E-state index in [-0.39, 0.29) is 11.2 Å². The van der Waals surface area contributed by atoms with Gasteiger partial charge in [-0.15, -0.1) is 0 Å². The van der Waals surface area contributed by atoms with E-state index in [0.29, 0.717) is 6.61 Å². The summed E-state index contributed by atoms with van der Waals surface area (Å²) in [5.74, 6) is 1.61. The van der Waals surface area contributed by atoms with Crippen molar-refractivity contribution in [2.24, 2.45) is 0 Å². The Balaban J connectivity index is 3.78. The minimum absolute atomic E-state index is 0.0820. The van der Waals surface area contributed by atoms with Crippen molar-refractivity contribution in [2.75, 3.05) is 24.7 Å². The molecular weight excluding hydrogens is 240 g/mol. The van der Waals surface area contributed by atoms with Crippen molar-refractivity contribution in [3.63, 3.8) is 0 Å². The largest absolute Gasteiger partial charge is 0.375 e. The van der Waals surface area contributed by atoms with Gasteiger partial charge in [0, 0.05) is 5.75 Å². The molecule has 0 unspecified atom stereocenters. The zero-order chi connectivity index (χ0) is 12.7. The second-order valence-electron chi connectivity index (χ2n) is 5.16. The van der Waals surface area contributed by atoms with E-state index in [9.17, 15) is 0 Å². The molecule has 0 aromatic carbocycles. The first kappa shape index (κ1) is 16.6. The minimum Gasteiger partial charge on any atom is -0.375 e. The van der Waals surface area contributed by atoms with Crippen LogP contribution in [-0.4, -0.2) is 35.9 Å². The summed E-state index contributed by atoms with van der Waals surface area (Å²) in [6.07, 6.45) is 1.87. The molecule has 0 aromatic rings. The molecule has 0 aliphatic rings. The second-order valence-corrected chi connectivity index (χ2v) is 6.06. The fraction of sp³-hybridized carbons (Fsp3) is 1.00. The summed E-state index contributed by atoms with van der Waals surface area (Å²) in [5, 5.41) is 0. The normalized spacial score (nSPS) is 13.1. The Bertz CT molecular complexity index is 182. The minimum atomic E-state index is -0.125. The van der Waals surface area contributed by atoms with Crippen LogP contribution >= 0.6 is 25.3 Å². The van der Waals surface area contributed by atoms with Gasteiger partial charge in [-0.2, -0.15) is 25.3 Å². The van der Waals surface area contributed by atoms with E-state index in [1.807, 2.05) is 0 Å². The van der Waals surface area contributed by atoms with Gasteiger partial charge in [0.25, 0.3) is 0 Å². The zero-order valence-corrected chi connectivity index (χ0v) is 12.7. The third-order valence-corrected chi connectivity index (χ3v) is 2.90. The van der Waals surface area contributed by atoms with Crippen LogP contribution < -0.4 is 0 Å². The van der Waals surface area contributed by atoms with Crippen LogP contribution in [-0.2, 0) is 9.47 Å². The number of hydrogen-bond donors (Lipinski definition) is 2. The Morgan fingerprint density at radius 2 is 1.25 bits per heavy atom. The summed E-state index contributed by atoms with van der Waals surface area (Å²) in [6.45, 7) is 9.79. The molecule has 0 N–H and O–H groups in total. The number of rotatable bonds is 9.